The molecule has 0 saturated carbocycles. The fourth-order valence-electron chi connectivity index (χ4n) is 2.93. The zero-order chi connectivity index (χ0) is 21.0. The normalized spacial score (nSPS) is 12.4. The fraction of sp³-hybridized carbons (Fsp3) is 0.333. The summed E-state index contributed by atoms with van der Waals surface area (Å²) in [6.45, 7) is 7.70. The van der Waals surface area contributed by atoms with Gasteiger partial charge in [0.15, 0.2) is 11.7 Å². The lowest BCUT2D eigenvalue weighted by atomic mass is 10.1. The number of aryl methyl sites for hydroxylation is 1. The van der Waals surface area contributed by atoms with E-state index in [-0.39, 0.29) is 24.1 Å². The molecule has 152 valence electrons. The third-order valence-electron chi connectivity index (χ3n) is 4.12. The summed E-state index contributed by atoms with van der Waals surface area (Å²) in [5.74, 6) is 0.359. The molecule has 3 rings (SSSR count). The number of nitrogens with zero attached hydrogens (tertiary/aromatic N) is 3. The molecule has 7 nitrogen and oxygen atoms in total. The molecule has 1 atom stereocenters. The number of rotatable bonds is 6. The Hall–Kier alpha value is -3.00. The van der Waals surface area contributed by atoms with Crippen molar-refractivity contribution < 1.29 is 14.0 Å². The van der Waals surface area contributed by atoms with Crippen molar-refractivity contribution in [3.8, 4) is 0 Å². The molecule has 29 heavy (non-hydrogen) atoms. The van der Waals surface area contributed by atoms with Crippen LogP contribution in [0.1, 0.15) is 54.4 Å². The van der Waals surface area contributed by atoms with Gasteiger partial charge >= 0.3 is 0 Å². The predicted molar refractivity (Wildman–Crippen MR) is 110 cm³/mol. The van der Waals surface area contributed by atoms with Crippen LogP contribution in [0.5, 0.6) is 0 Å². The quantitative estimate of drug-likeness (QED) is 0.666. The first-order chi connectivity index (χ1) is 13.7. The highest BCUT2D eigenvalue weighted by Crippen LogP contribution is 2.28. The number of hydrogen-bond donors (Lipinski definition) is 1. The second kappa shape index (κ2) is 8.57. The molecule has 8 heteroatoms. The number of carbonyl (C=O) groups is 2. The monoisotopic (exact) mass is 412 g/mol. The molecule has 0 unspecified atom stereocenters. The number of furan rings is 1. The van der Waals surface area contributed by atoms with E-state index < -0.39 is 11.6 Å². The van der Waals surface area contributed by atoms with Crippen molar-refractivity contribution in [1.29, 1.82) is 0 Å². The van der Waals surface area contributed by atoms with Crippen molar-refractivity contribution in [2.75, 3.05) is 0 Å². The van der Waals surface area contributed by atoms with Crippen LogP contribution in [0.25, 0.3) is 0 Å². The first-order valence-electron chi connectivity index (χ1n) is 9.25. The van der Waals surface area contributed by atoms with E-state index in [9.17, 15) is 9.59 Å². The molecule has 2 amide bonds. The number of carbonyl (C=O) groups excluding carboxylic acids is 2. The van der Waals surface area contributed by atoms with Crippen molar-refractivity contribution in [2.24, 2.45) is 0 Å². The summed E-state index contributed by atoms with van der Waals surface area (Å²) in [6, 6.07) is 12.1. The first-order valence-corrected chi connectivity index (χ1v) is 10.1. The lowest BCUT2D eigenvalue weighted by molar-refractivity contribution is -0.128. The minimum atomic E-state index is -0.947. The Morgan fingerprint density at radius 2 is 1.90 bits per heavy atom. The second-order valence-electron chi connectivity index (χ2n) is 7.80. The minimum Gasteiger partial charge on any atom is -0.464 e. The number of aromatic nitrogens is 2. The first kappa shape index (κ1) is 20.7. The van der Waals surface area contributed by atoms with E-state index >= 15 is 0 Å². The van der Waals surface area contributed by atoms with Gasteiger partial charge in [-0.05, 0) is 56.9 Å². The molecule has 0 aliphatic carbocycles. The molecule has 0 bridgehead atoms. The van der Waals surface area contributed by atoms with Gasteiger partial charge in [0, 0.05) is 17.5 Å². The fourth-order valence-corrected chi connectivity index (χ4v) is 3.36. The third-order valence-corrected chi connectivity index (χ3v) is 4.63. The van der Waals surface area contributed by atoms with E-state index in [2.05, 4.69) is 14.9 Å². The van der Waals surface area contributed by atoms with Crippen LogP contribution in [0.2, 0.25) is 0 Å². The highest BCUT2D eigenvalue weighted by Gasteiger charge is 2.36. The van der Waals surface area contributed by atoms with Crippen LogP contribution in [-0.2, 0) is 11.3 Å². The van der Waals surface area contributed by atoms with Gasteiger partial charge < -0.3 is 14.6 Å². The molecular formula is C21H24N4O3S. The molecule has 0 spiro atoms. The summed E-state index contributed by atoms with van der Waals surface area (Å²) in [5.41, 5.74) is 0.615. The SMILES string of the molecule is Cc1ccc([C@H](C(=O)NC(C)(C)C)N(Cc2ccccc2)C(=O)c2csnn2)o1. The van der Waals surface area contributed by atoms with Gasteiger partial charge in [0.2, 0.25) is 0 Å². The smallest absolute Gasteiger partial charge is 0.276 e. The number of benzene rings is 1. The minimum absolute atomic E-state index is 0.197. The van der Waals surface area contributed by atoms with Crippen molar-refractivity contribution in [2.45, 2.75) is 45.8 Å². The zero-order valence-corrected chi connectivity index (χ0v) is 17.7. The Kier molecular flexibility index (Phi) is 6.12. The maximum absolute atomic E-state index is 13.3. The van der Waals surface area contributed by atoms with Crippen LogP contribution in [0.4, 0.5) is 0 Å². The lowest BCUT2D eigenvalue weighted by Gasteiger charge is -2.32. The molecule has 1 N–H and O–H groups in total. The van der Waals surface area contributed by atoms with Crippen molar-refractivity contribution in [1.82, 2.24) is 19.8 Å². The van der Waals surface area contributed by atoms with Gasteiger partial charge in [0.05, 0.1) is 0 Å². The van der Waals surface area contributed by atoms with Gasteiger partial charge in [0.25, 0.3) is 11.8 Å². The van der Waals surface area contributed by atoms with E-state index in [0.717, 1.165) is 17.1 Å². The topological polar surface area (TPSA) is 88.3 Å². The summed E-state index contributed by atoms with van der Waals surface area (Å²) in [4.78, 5) is 28.1. The van der Waals surface area contributed by atoms with Crippen LogP contribution >= 0.6 is 11.5 Å². The Balaban J connectivity index is 2.05. The second-order valence-corrected chi connectivity index (χ2v) is 8.41. The zero-order valence-electron chi connectivity index (χ0n) is 16.9. The average Bonchev–Trinajstić information content (AvgIpc) is 3.32. The highest BCUT2D eigenvalue weighted by molar-refractivity contribution is 7.03. The van der Waals surface area contributed by atoms with Gasteiger partial charge in [-0.1, -0.05) is 34.8 Å². The number of nitrogens with one attached hydrogen (secondary N) is 1. The molecule has 0 fully saturated rings. The molecule has 0 aliphatic heterocycles. The Labute approximate surface area is 173 Å². The number of hydrogen-bond acceptors (Lipinski definition) is 6. The molecular weight excluding hydrogens is 388 g/mol. The predicted octanol–water partition coefficient (Wildman–Crippen LogP) is 3.74. The van der Waals surface area contributed by atoms with Gasteiger partial charge in [0.1, 0.15) is 11.5 Å². The van der Waals surface area contributed by atoms with Gasteiger partial charge in [-0.3, -0.25) is 9.59 Å². The summed E-state index contributed by atoms with van der Waals surface area (Å²) in [7, 11) is 0. The molecule has 3 aromatic rings. The van der Waals surface area contributed by atoms with Crippen LogP contribution in [-0.4, -0.2) is 31.8 Å². The van der Waals surface area contributed by atoms with Crippen molar-refractivity contribution in [3.63, 3.8) is 0 Å². The van der Waals surface area contributed by atoms with E-state index in [1.807, 2.05) is 51.1 Å². The molecule has 2 heterocycles. The van der Waals surface area contributed by atoms with E-state index in [0.29, 0.717) is 11.5 Å². The highest BCUT2D eigenvalue weighted by atomic mass is 32.1. The van der Waals surface area contributed by atoms with Crippen LogP contribution < -0.4 is 5.32 Å². The molecule has 1 aromatic carbocycles. The van der Waals surface area contributed by atoms with Crippen LogP contribution in [0.3, 0.4) is 0 Å². The maximum atomic E-state index is 13.3. The van der Waals surface area contributed by atoms with Gasteiger partial charge in [-0.2, -0.15) is 0 Å². The van der Waals surface area contributed by atoms with Crippen molar-refractivity contribution in [3.05, 3.63) is 70.6 Å². The summed E-state index contributed by atoms with van der Waals surface area (Å²) >= 11 is 1.09. The van der Waals surface area contributed by atoms with Crippen molar-refractivity contribution >= 4 is 23.3 Å². The number of amides is 2. The van der Waals surface area contributed by atoms with Gasteiger partial charge in [-0.25, -0.2) is 0 Å². The van der Waals surface area contributed by atoms with Crippen LogP contribution in [0, 0.1) is 6.92 Å². The average molecular weight is 413 g/mol. The molecule has 2 aromatic heterocycles. The summed E-state index contributed by atoms with van der Waals surface area (Å²) < 4.78 is 9.57. The molecule has 0 radical (unpaired) electrons. The summed E-state index contributed by atoms with van der Waals surface area (Å²) in [5, 5.41) is 8.45. The lowest BCUT2D eigenvalue weighted by Crippen LogP contribution is -2.49. The summed E-state index contributed by atoms with van der Waals surface area (Å²) in [6.07, 6.45) is 0. The van der Waals surface area contributed by atoms with Crippen LogP contribution in [0.15, 0.2) is 52.3 Å². The molecule has 0 saturated heterocycles. The van der Waals surface area contributed by atoms with E-state index in [1.165, 1.54) is 4.90 Å². The maximum Gasteiger partial charge on any atom is 0.276 e. The Morgan fingerprint density at radius 1 is 1.17 bits per heavy atom. The van der Waals surface area contributed by atoms with E-state index in [1.54, 1.807) is 24.4 Å². The standard InChI is InChI=1S/C21H24N4O3S/c1-14-10-11-17(28-14)18(19(26)22-21(2,3)4)25(12-15-8-6-5-7-9-15)20(27)16-13-29-24-23-16/h5-11,13,18H,12H2,1-4H3,(H,22,26)/t18-/m1/s1. The Bertz CT molecular complexity index is 961. The van der Waals surface area contributed by atoms with Gasteiger partial charge in [-0.15, -0.1) is 5.10 Å². The largest absolute Gasteiger partial charge is 0.464 e. The van der Waals surface area contributed by atoms with E-state index in [4.69, 9.17) is 4.42 Å². The molecule has 0 aliphatic rings. The Morgan fingerprint density at radius 3 is 2.45 bits per heavy atom. The third kappa shape index (κ3) is 5.29.